The Labute approximate surface area is 151 Å². The Morgan fingerprint density at radius 3 is 2.62 bits per heavy atom. The van der Waals surface area contributed by atoms with Crippen molar-refractivity contribution in [1.29, 1.82) is 0 Å². The summed E-state index contributed by atoms with van der Waals surface area (Å²) in [5.74, 6) is 0. The fourth-order valence-corrected chi connectivity index (χ4v) is 4.30. The van der Waals surface area contributed by atoms with Gasteiger partial charge in [0.05, 0.1) is 4.90 Å². The normalized spacial score (nSPS) is 11.6. The lowest BCUT2D eigenvalue weighted by Gasteiger charge is -2.11. The summed E-state index contributed by atoms with van der Waals surface area (Å²) in [5.41, 5.74) is 3.90. The summed E-state index contributed by atoms with van der Waals surface area (Å²) in [6, 6.07) is 14.5. The van der Waals surface area contributed by atoms with Gasteiger partial charge in [-0.3, -0.25) is 0 Å². The van der Waals surface area contributed by atoms with Crippen LogP contribution in [0.2, 0.25) is 5.02 Å². The number of aryl methyl sites for hydroxylation is 1. The molecule has 0 fully saturated rings. The lowest BCUT2D eigenvalue weighted by molar-refractivity contribution is 0.581. The Morgan fingerprint density at radius 1 is 1.12 bits per heavy atom. The third-order valence-electron chi connectivity index (χ3n) is 3.76. The molecular weight excluding hydrogens is 362 g/mol. The second kappa shape index (κ2) is 7.07. The van der Waals surface area contributed by atoms with E-state index in [0.29, 0.717) is 5.02 Å². The minimum atomic E-state index is -3.62. The first-order chi connectivity index (χ1) is 11.5. The van der Waals surface area contributed by atoms with Crippen molar-refractivity contribution in [2.24, 2.45) is 0 Å². The topological polar surface area (TPSA) is 46.2 Å². The van der Waals surface area contributed by atoms with E-state index in [1.54, 1.807) is 23.5 Å². The molecule has 124 valence electrons. The van der Waals surface area contributed by atoms with Crippen molar-refractivity contribution in [3.63, 3.8) is 0 Å². The van der Waals surface area contributed by atoms with Gasteiger partial charge in [0.2, 0.25) is 10.0 Å². The summed E-state index contributed by atoms with van der Waals surface area (Å²) >= 11 is 7.65. The molecule has 0 aliphatic heterocycles. The first kappa shape index (κ1) is 17.2. The Kier molecular flexibility index (Phi) is 5.06. The molecule has 6 heteroatoms. The molecule has 1 aromatic heterocycles. The number of thiophene rings is 1. The van der Waals surface area contributed by atoms with Crippen LogP contribution < -0.4 is 4.72 Å². The first-order valence-corrected chi connectivity index (χ1v) is 10.1. The second-order valence-electron chi connectivity index (χ2n) is 5.40. The van der Waals surface area contributed by atoms with Crippen LogP contribution in [0.5, 0.6) is 0 Å². The van der Waals surface area contributed by atoms with E-state index in [1.807, 2.05) is 48.0 Å². The van der Waals surface area contributed by atoms with Gasteiger partial charge in [0.1, 0.15) is 0 Å². The van der Waals surface area contributed by atoms with Gasteiger partial charge in [-0.2, -0.15) is 11.3 Å². The number of benzene rings is 2. The summed E-state index contributed by atoms with van der Waals surface area (Å²) in [4.78, 5) is 0.172. The number of hydrogen-bond donors (Lipinski definition) is 1. The maximum atomic E-state index is 12.5. The molecule has 24 heavy (non-hydrogen) atoms. The molecule has 0 unspecified atom stereocenters. The van der Waals surface area contributed by atoms with E-state index in [-0.39, 0.29) is 11.4 Å². The maximum absolute atomic E-state index is 12.5. The van der Waals surface area contributed by atoms with Crippen molar-refractivity contribution >= 4 is 33.0 Å². The summed E-state index contributed by atoms with van der Waals surface area (Å²) < 4.78 is 27.7. The Balaban J connectivity index is 1.84. The molecule has 3 nitrogen and oxygen atoms in total. The van der Waals surface area contributed by atoms with Crippen LogP contribution in [0, 0.1) is 6.92 Å². The van der Waals surface area contributed by atoms with Crippen LogP contribution in [0.15, 0.2) is 64.2 Å². The highest BCUT2D eigenvalue weighted by Crippen LogP contribution is 2.26. The zero-order valence-corrected chi connectivity index (χ0v) is 15.4. The van der Waals surface area contributed by atoms with Crippen LogP contribution in [-0.2, 0) is 16.6 Å². The smallest absolute Gasteiger partial charge is 0.207 e. The first-order valence-electron chi connectivity index (χ1n) is 7.34. The van der Waals surface area contributed by atoms with Crippen LogP contribution >= 0.6 is 22.9 Å². The monoisotopic (exact) mass is 377 g/mol. The highest BCUT2D eigenvalue weighted by Gasteiger charge is 2.16. The molecule has 0 spiro atoms. The van der Waals surface area contributed by atoms with Gasteiger partial charge in [0, 0.05) is 11.6 Å². The Bertz CT molecular complexity index is 951. The minimum absolute atomic E-state index is 0.172. The van der Waals surface area contributed by atoms with Gasteiger partial charge in [0.15, 0.2) is 0 Å². The second-order valence-corrected chi connectivity index (χ2v) is 8.36. The lowest BCUT2D eigenvalue weighted by atomic mass is 10.0. The van der Waals surface area contributed by atoms with Crippen LogP contribution in [-0.4, -0.2) is 8.42 Å². The third kappa shape index (κ3) is 3.70. The van der Waals surface area contributed by atoms with Gasteiger partial charge < -0.3 is 0 Å². The fourth-order valence-electron chi connectivity index (χ4n) is 2.37. The van der Waals surface area contributed by atoms with Crippen molar-refractivity contribution in [3.05, 3.63) is 75.4 Å². The predicted molar refractivity (Wildman–Crippen MR) is 100.0 cm³/mol. The summed E-state index contributed by atoms with van der Waals surface area (Å²) in [6.07, 6.45) is 0. The van der Waals surface area contributed by atoms with Crippen molar-refractivity contribution in [2.75, 3.05) is 0 Å². The van der Waals surface area contributed by atoms with E-state index < -0.39 is 10.0 Å². The van der Waals surface area contributed by atoms with Crippen molar-refractivity contribution < 1.29 is 8.42 Å². The van der Waals surface area contributed by atoms with E-state index in [1.165, 1.54) is 6.07 Å². The molecule has 1 heterocycles. The molecular formula is C18H16ClNO2S2. The van der Waals surface area contributed by atoms with Crippen LogP contribution in [0.1, 0.15) is 11.1 Å². The van der Waals surface area contributed by atoms with Crippen LogP contribution in [0.3, 0.4) is 0 Å². The number of hydrogen-bond acceptors (Lipinski definition) is 3. The van der Waals surface area contributed by atoms with E-state index in [0.717, 1.165) is 22.3 Å². The highest BCUT2D eigenvalue weighted by molar-refractivity contribution is 7.89. The quantitative estimate of drug-likeness (QED) is 0.690. The van der Waals surface area contributed by atoms with Gasteiger partial charge in [-0.1, -0.05) is 41.9 Å². The van der Waals surface area contributed by atoms with Crippen LogP contribution in [0.4, 0.5) is 0 Å². The average molecular weight is 378 g/mol. The zero-order chi connectivity index (χ0) is 17.2. The molecule has 0 saturated carbocycles. The molecule has 2 aromatic carbocycles. The molecule has 0 bridgehead atoms. The van der Waals surface area contributed by atoms with Crippen molar-refractivity contribution in [3.8, 4) is 11.1 Å². The summed E-state index contributed by atoms with van der Waals surface area (Å²) in [7, 11) is -3.62. The zero-order valence-electron chi connectivity index (χ0n) is 13.0. The molecule has 3 aromatic rings. The van der Waals surface area contributed by atoms with Crippen molar-refractivity contribution in [1.82, 2.24) is 4.72 Å². The largest absolute Gasteiger partial charge is 0.240 e. The Hall–Kier alpha value is -1.66. The molecule has 1 N–H and O–H groups in total. The molecule has 0 aliphatic rings. The third-order valence-corrected chi connectivity index (χ3v) is 6.25. The average Bonchev–Trinajstić information content (AvgIpc) is 3.10. The molecule has 0 atom stereocenters. The molecule has 0 saturated heterocycles. The minimum Gasteiger partial charge on any atom is -0.207 e. The SMILES string of the molecule is Cc1ccc(S(=O)(=O)NCc2ccccc2-c2ccsc2)cc1Cl. The van der Waals surface area contributed by atoms with E-state index in [9.17, 15) is 8.42 Å². The van der Waals surface area contributed by atoms with Gasteiger partial charge in [-0.15, -0.1) is 0 Å². The van der Waals surface area contributed by atoms with E-state index in [4.69, 9.17) is 11.6 Å². The predicted octanol–water partition coefficient (Wildman–Crippen LogP) is 4.86. The highest BCUT2D eigenvalue weighted by atomic mass is 35.5. The molecule has 3 rings (SSSR count). The Morgan fingerprint density at radius 2 is 1.92 bits per heavy atom. The number of halogens is 1. The standard InChI is InChI=1S/C18H16ClNO2S2/c1-13-6-7-16(10-18(13)19)24(21,22)20-11-14-4-2-3-5-17(14)15-8-9-23-12-15/h2-10,12,20H,11H2,1H3. The van der Waals surface area contributed by atoms with E-state index in [2.05, 4.69) is 4.72 Å². The number of nitrogens with one attached hydrogen (secondary N) is 1. The van der Waals surface area contributed by atoms with E-state index >= 15 is 0 Å². The van der Waals surface area contributed by atoms with Gasteiger partial charge in [-0.05, 0) is 58.1 Å². The van der Waals surface area contributed by atoms with Crippen molar-refractivity contribution in [2.45, 2.75) is 18.4 Å². The maximum Gasteiger partial charge on any atom is 0.240 e. The molecule has 0 amide bonds. The molecule has 0 aliphatic carbocycles. The lowest BCUT2D eigenvalue weighted by Crippen LogP contribution is -2.23. The fraction of sp³-hybridized carbons (Fsp3) is 0.111. The van der Waals surface area contributed by atoms with Crippen LogP contribution in [0.25, 0.3) is 11.1 Å². The van der Waals surface area contributed by atoms with Gasteiger partial charge >= 0.3 is 0 Å². The summed E-state index contributed by atoms with van der Waals surface area (Å²) in [6.45, 7) is 2.06. The van der Waals surface area contributed by atoms with Gasteiger partial charge in [-0.25, -0.2) is 13.1 Å². The molecule has 0 radical (unpaired) electrons. The summed E-state index contributed by atoms with van der Waals surface area (Å²) in [5, 5.41) is 4.49. The van der Waals surface area contributed by atoms with Gasteiger partial charge in [0.25, 0.3) is 0 Å². The number of rotatable bonds is 5. The number of sulfonamides is 1.